The topological polar surface area (TPSA) is 157 Å². The van der Waals surface area contributed by atoms with E-state index in [0.717, 1.165) is 17.2 Å². The summed E-state index contributed by atoms with van der Waals surface area (Å²) < 4.78 is 69.2. The molecule has 1 aliphatic heterocycles. The standard InChI is InChI=1S/C26H23FN6O5S2/c1-16-22(14-29)25(21-9-8-19(13-28)11-23(21)39(4,35)36)33(40(37,38)24-15-31(3)17(2)30-24)26(34)32(16)20-7-5-6-18(10-20)12-27/h5-11,15,25H,12H2,1-4H3/t25-/m1/s1. The number of sulfone groups is 1. The van der Waals surface area contributed by atoms with Gasteiger partial charge in [-0.1, -0.05) is 18.2 Å². The lowest BCUT2D eigenvalue weighted by atomic mass is 9.94. The van der Waals surface area contributed by atoms with E-state index in [0.29, 0.717) is 10.1 Å². The quantitative estimate of drug-likeness (QED) is 0.426. The monoisotopic (exact) mass is 582 g/mol. The number of sulfonamides is 1. The van der Waals surface area contributed by atoms with Gasteiger partial charge in [0.1, 0.15) is 18.5 Å². The molecule has 0 bridgehead atoms. The molecule has 40 heavy (non-hydrogen) atoms. The van der Waals surface area contributed by atoms with Crippen LogP contribution in [0, 0.1) is 29.6 Å². The highest BCUT2D eigenvalue weighted by Gasteiger charge is 2.48. The van der Waals surface area contributed by atoms with E-state index in [2.05, 4.69) is 4.98 Å². The number of halogens is 1. The van der Waals surface area contributed by atoms with Crippen LogP contribution in [0.3, 0.4) is 0 Å². The van der Waals surface area contributed by atoms with E-state index in [9.17, 15) is 36.5 Å². The van der Waals surface area contributed by atoms with E-state index in [1.54, 1.807) is 14.0 Å². The largest absolute Gasteiger partial charge is 0.343 e. The third-order valence-corrected chi connectivity index (χ3v) is 9.27. The number of benzene rings is 2. The molecule has 0 aliphatic carbocycles. The van der Waals surface area contributed by atoms with Crippen LogP contribution in [0.4, 0.5) is 14.9 Å². The third kappa shape index (κ3) is 4.72. The lowest BCUT2D eigenvalue weighted by Gasteiger charge is -2.41. The van der Waals surface area contributed by atoms with E-state index in [4.69, 9.17) is 0 Å². The van der Waals surface area contributed by atoms with Crippen LogP contribution in [0.25, 0.3) is 0 Å². The number of rotatable bonds is 6. The van der Waals surface area contributed by atoms with Crippen molar-refractivity contribution in [1.29, 1.82) is 10.5 Å². The minimum Gasteiger partial charge on any atom is -0.337 e. The molecule has 11 nitrogen and oxygen atoms in total. The first kappa shape index (κ1) is 28.5. The Bertz CT molecular complexity index is 1860. The fourth-order valence-electron chi connectivity index (χ4n) is 4.44. The van der Waals surface area contributed by atoms with Crippen LogP contribution in [0.15, 0.2) is 69.9 Å². The molecule has 0 spiro atoms. The molecule has 1 atom stereocenters. The van der Waals surface area contributed by atoms with Gasteiger partial charge in [0, 0.05) is 25.2 Å². The van der Waals surface area contributed by atoms with E-state index >= 15 is 0 Å². The van der Waals surface area contributed by atoms with Gasteiger partial charge in [-0.25, -0.2) is 26.9 Å². The first-order valence-corrected chi connectivity index (χ1v) is 15.0. The van der Waals surface area contributed by atoms with Crippen molar-refractivity contribution < 1.29 is 26.0 Å². The summed E-state index contributed by atoms with van der Waals surface area (Å²) in [5, 5.41) is 19.2. The van der Waals surface area contributed by atoms with Crippen LogP contribution in [-0.4, -0.2) is 43.0 Å². The maximum atomic E-state index is 14.2. The number of amides is 2. The fraction of sp³-hybridized carbons (Fsp3) is 0.231. The number of carbonyl (C=O) groups excluding carboxylic acids is 1. The second-order valence-electron chi connectivity index (χ2n) is 9.11. The number of anilines is 1. The number of carbonyl (C=O) groups is 1. The van der Waals surface area contributed by atoms with E-state index in [-0.39, 0.29) is 33.6 Å². The number of alkyl halides is 1. The molecular weight excluding hydrogens is 559 g/mol. The highest BCUT2D eigenvalue weighted by atomic mass is 32.2. The van der Waals surface area contributed by atoms with Crippen LogP contribution in [0.5, 0.6) is 0 Å². The summed E-state index contributed by atoms with van der Waals surface area (Å²) in [6, 6.07) is 10.2. The number of imidazole rings is 1. The van der Waals surface area contributed by atoms with Crippen molar-refractivity contribution in [3.63, 3.8) is 0 Å². The number of urea groups is 1. The molecule has 206 valence electrons. The Morgan fingerprint density at radius 3 is 2.30 bits per heavy atom. The highest BCUT2D eigenvalue weighted by Crippen LogP contribution is 2.44. The summed E-state index contributed by atoms with van der Waals surface area (Å²) in [5.41, 5.74) is -0.148. The van der Waals surface area contributed by atoms with Crippen LogP contribution in [0.2, 0.25) is 0 Å². The highest BCUT2D eigenvalue weighted by molar-refractivity contribution is 7.91. The van der Waals surface area contributed by atoms with Crippen molar-refractivity contribution in [2.75, 3.05) is 11.2 Å². The van der Waals surface area contributed by atoms with Crippen molar-refractivity contribution in [3.8, 4) is 12.1 Å². The van der Waals surface area contributed by atoms with E-state index in [1.165, 1.54) is 54.1 Å². The predicted octanol–water partition coefficient (Wildman–Crippen LogP) is 3.64. The van der Waals surface area contributed by atoms with Gasteiger partial charge < -0.3 is 4.57 Å². The Hall–Kier alpha value is -4.53. The summed E-state index contributed by atoms with van der Waals surface area (Å²) in [4.78, 5) is 18.8. The molecule has 14 heteroatoms. The van der Waals surface area contributed by atoms with Gasteiger partial charge in [-0.3, -0.25) is 4.90 Å². The molecule has 0 unspecified atom stereocenters. The molecule has 3 aromatic rings. The number of aromatic nitrogens is 2. The van der Waals surface area contributed by atoms with Gasteiger partial charge in [-0.15, -0.1) is 0 Å². The SMILES string of the molecule is CC1=C(C#N)[C@@H](c2ccc(C#N)cc2S(C)(=O)=O)N(S(=O)(=O)c2cn(C)c(C)n2)C(=O)N1c1cccc(CF)c1. The number of allylic oxidation sites excluding steroid dienone is 1. The zero-order chi connectivity index (χ0) is 29.6. The number of aryl methyl sites for hydroxylation is 2. The smallest absolute Gasteiger partial charge is 0.337 e. The lowest BCUT2D eigenvalue weighted by molar-refractivity contribution is 0.220. The minimum atomic E-state index is -4.82. The first-order valence-electron chi connectivity index (χ1n) is 11.6. The van der Waals surface area contributed by atoms with Crippen molar-refractivity contribution >= 4 is 31.6 Å². The van der Waals surface area contributed by atoms with Crippen molar-refractivity contribution in [2.24, 2.45) is 7.05 Å². The Balaban J connectivity index is 2.12. The van der Waals surface area contributed by atoms with Crippen molar-refractivity contribution in [3.05, 3.63) is 82.4 Å². The molecular formula is C26H23FN6O5S2. The first-order chi connectivity index (χ1) is 18.8. The Morgan fingerprint density at radius 2 is 1.75 bits per heavy atom. The molecule has 2 aromatic carbocycles. The van der Waals surface area contributed by atoms with Crippen LogP contribution in [-0.2, 0) is 33.6 Å². The van der Waals surface area contributed by atoms with Gasteiger partial charge in [-0.2, -0.15) is 18.9 Å². The molecule has 1 aromatic heterocycles. The number of nitriles is 2. The Kier molecular flexibility index (Phi) is 7.28. The van der Waals surface area contributed by atoms with E-state index in [1.807, 2.05) is 12.1 Å². The van der Waals surface area contributed by atoms with Gasteiger partial charge in [0.2, 0.25) is 0 Å². The molecule has 0 saturated heterocycles. The maximum Gasteiger partial charge on any atom is 0.343 e. The summed E-state index contributed by atoms with van der Waals surface area (Å²) in [6.45, 7) is 2.10. The summed E-state index contributed by atoms with van der Waals surface area (Å²) >= 11 is 0. The van der Waals surface area contributed by atoms with Gasteiger partial charge in [0.15, 0.2) is 14.9 Å². The summed E-state index contributed by atoms with van der Waals surface area (Å²) in [7, 11) is -7.35. The number of hydrogen-bond donors (Lipinski definition) is 0. The number of nitrogens with zero attached hydrogens (tertiary/aromatic N) is 6. The second kappa shape index (κ2) is 10.2. The van der Waals surface area contributed by atoms with Gasteiger partial charge in [0.25, 0.3) is 10.0 Å². The van der Waals surface area contributed by atoms with Crippen molar-refractivity contribution in [2.45, 2.75) is 36.5 Å². The summed E-state index contributed by atoms with van der Waals surface area (Å²) in [5.74, 6) is 0.314. The minimum absolute atomic E-state index is 0.0148. The molecule has 2 heterocycles. The average Bonchev–Trinajstić information content (AvgIpc) is 3.26. The van der Waals surface area contributed by atoms with E-state index < -0.39 is 48.5 Å². The van der Waals surface area contributed by atoms with Gasteiger partial charge in [0.05, 0.1) is 33.9 Å². The van der Waals surface area contributed by atoms with Crippen LogP contribution in [0.1, 0.15) is 35.5 Å². The molecule has 0 N–H and O–H groups in total. The summed E-state index contributed by atoms with van der Waals surface area (Å²) in [6.07, 6.45) is 2.06. The maximum absolute atomic E-state index is 14.2. The predicted molar refractivity (Wildman–Crippen MR) is 141 cm³/mol. The molecule has 0 fully saturated rings. The van der Waals surface area contributed by atoms with Crippen LogP contribution >= 0.6 is 0 Å². The molecule has 0 saturated carbocycles. The molecule has 1 aliphatic rings. The molecule has 4 rings (SSSR count). The fourth-order valence-corrected chi connectivity index (χ4v) is 6.91. The zero-order valence-corrected chi connectivity index (χ0v) is 23.5. The van der Waals surface area contributed by atoms with Gasteiger partial charge >= 0.3 is 6.03 Å². The molecule has 0 radical (unpaired) electrons. The average molecular weight is 583 g/mol. The third-order valence-electron chi connectivity index (χ3n) is 6.50. The normalized spacial score (nSPS) is 16.2. The zero-order valence-electron chi connectivity index (χ0n) is 21.8. The lowest BCUT2D eigenvalue weighted by Crippen LogP contribution is -2.52. The number of hydrogen-bond acceptors (Lipinski definition) is 8. The second-order valence-corrected chi connectivity index (χ2v) is 12.9. The Labute approximate surface area is 231 Å². The Morgan fingerprint density at radius 1 is 1.05 bits per heavy atom. The van der Waals surface area contributed by atoms with Crippen LogP contribution < -0.4 is 4.90 Å². The van der Waals surface area contributed by atoms with Gasteiger partial charge in [-0.05, 0) is 49.2 Å². The molecule has 2 amide bonds. The van der Waals surface area contributed by atoms with Crippen molar-refractivity contribution in [1.82, 2.24) is 13.9 Å².